The van der Waals surface area contributed by atoms with Gasteiger partial charge in [-0.3, -0.25) is 0 Å². The largest absolute Gasteiger partial charge is 0.490 e. The summed E-state index contributed by atoms with van der Waals surface area (Å²) in [6, 6.07) is 6.31. The molecule has 23 heavy (non-hydrogen) atoms. The number of ether oxygens (including phenoxy) is 1. The van der Waals surface area contributed by atoms with Gasteiger partial charge in [0.1, 0.15) is 12.4 Å². The first-order valence-electron chi connectivity index (χ1n) is 8.25. The maximum atomic E-state index is 5.82. The Hall–Kier alpha value is -1.79. The monoisotopic (exact) mass is 330 g/mol. The van der Waals surface area contributed by atoms with Crippen molar-refractivity contribution in [1.82, 2.24) is 9.88 Å². The third-order valence-corrected chi connectivity index (χ3v) is 5.29. The van der Waals surface area contributed by atoms with Gasteiger partial charge in [0.25, 0.3) is 0 Å². The van der Waals surface area contributed by atoms with Crippen molar-refractivity contribution in [3.63, 3.8) is 0 Å². The standard InChI is InChI=1S/C17H22N4OS/c18-17-19-14(12-23-17)13-3-4-16-15(11-13)21(9-10-22-16)8-7-20-5-1-2-6-20/h3-4,11-12H,1-2,5-10H2,(H2,18,19). The summed E-state index contributed by atoms with van der Waals surface area (Å²) < 4.78 is 5.82. The van der Waals surface area contributed by atoms with Crippen LogP contribution in [0.5, 0.6) is 5.75 Å². The Morgan fingerprint density at radius 2 is 2.04 bits per heavy atom. The van der Waals surface area contributed by atoms with Gasteiger partial charge in [0.05, 0.1) is 17.9 Å². The van der Waals surface area contributed by atoms with Gasteiger partial charge < -0.3 is 20.3 Å². The summed E-state index contributed by atoms with van der Waals surface area (Å²) in [5.74, 6) is 0.977. The second-order valence-electron chi connectivity index (χ2n) is 6.14. The summed E-state index contributed by atoms with van der Waals surface area (Å²) in [7, 11) is 0. The van der Waals surface area contributed by atoms with Gasteiger partial charge in [-0.25, -0.2) is 4.98 Å². The first-order chi connectivity index (χ1) is 11.3. The molecule has 0 saturated carbocycles. The molecule has 0 bridgehead atoms. The van der Waals surface area contributed by atoms with Crippen molar-refractivity contribution in [2.24, 2.45) is 0 Å². The highest BCUT2D eigenvalue weighted by molar-refractivity contribution is 7.13. The van der Waals surface area contributed by atoms with Crippen LogP contribution in [0.2, 0.25) is 0 Å². The zero-order valence-electron chi connectivity index (χ0n) is 13.2. The highest BCUT2D eigenvalue weighted by Gasteiger charge is 2.20. The van der Waals surface area contributed by atoms with Crippen molar-refractivity contribution < 1.29 is 4.74 Å². The first-order valence-corrected chi connectivity index (χ1v) is 9.13. The summed E-state index contributed by atoms with van der Waals surface area (Å²) in [6.45, 7) is 6.39. The van der Waals surface area contributed by atoms with Crippen LogP contribution < -0.4 is 15.4 Å². The van der Waals surface area contributed by atoms with E-state index >= 15 is 0 Å². The number of anilines is 2. The van der Waals surface area contributed by atoms with E-state index in [1.807, 2.05) is 5.38 Å². The topological polar surface area (TPSA) is 54.6 Å². The minimum absolute atomic E-state index is 0.611. The summed E-state index contributed by atoms with van der Waals surface area (Å²) in [6.07, 6.45) is 2.68. The van der Waals surface area contributed by atoms with Gasteiger partial charge in [-0.1, -0.05) is 0 Å². The van der Waals surface area contributed by atoms with Crippen molar-refractivity contribution in [2.75, 3.05) is 50.0 Å². The van der Waals surface area contributed by atoms with Gasteiger partial charge in [0.2, 0.25) is 0 Å². The summed E-state index contributed by atoms with van der Waals surface area (Å²) in [5, 5.41) is 2.62. The van der Waals surface area contributed by atoms with E-state index in [9.17, 15) is 0 Å². The number of nitrogen functional groups attached to an aromatic ring is 1. The van der Waals surface area contributed by atoms with Crippen molar-refractivity contribution in [1.29, 1.82) is 0 Å². The summed E-state index contributed by atoms with van der Waals surface area (Å²) >= 11 is 1.48. The normalized spacial score (nSPS) is 18.0. The van der Waals surface area contributed by atoms with Crippen LogP contribution in [0.3, 0.4) is 0 Å². The summed E-state index contributed by atoms with van der Waals surface area (Å²) in [4.78, 5) is 9.39. The van der Waals surface area contributed by atoms with Crippen LogP contribution in [0.25, 0.3) is 11.3 Å². The van der Waals surface area contributed by atoms with Gasteiger partial charge in [0.15, 0.2) is 5.13 Å². The third kappa shape index (κ3) is 3.14. The van der Waals surface area contributed by atoms with Crippen LogP contribution in [-0.4, -0.2) is 49.2 Å². The van der Waals surface area contributed by atoms with E-state index in [1.54, 1.807) is 0 Å². The molecule has 0 unspecified atom stereocenters. The fraction of sp³-hybridized carbons (Fsp3) is 0.471. The van der Waals surface area contributed by atoms with Crippen molar-refractivity contribution in [2.45, 2.75) is 12.8 Å². The minimum atomic E-state index is 0.611. The fourth-order valence-electron chi connectivity index (χ4n) is 3.35. The molecule has 6 heteroatoms. The zero-order valence-corrected chi connectivity index (χ0v) is 14.0. The average molecular weight is 330 g/mol. The molecule has 1 fully saturated rings. The van der Waals surface area contributed by atoms with Crippen LogP contribution in [0.4, 0.5) is 10.8 Å². The molecule has 0 spiro atoms. The second-order valence-corrected chi connectivity index (χ2v) is 7.03. The smallest absolute Gasteiger partial charge is 0.180 e. The molecular weight excluding hydrogens is 308 g/mol. The molecule has 122 valence electrons. The SMILES string of the molecule is Nc1nc(-c2ccc3c(c2)N(CCN2CCCC2)CCO3)cs1. The number of hydrogen-bond acceptors (Lipinski definition) is 6. The second kappa shape index (κ2) is 6.37. The lowest BCUT2D eigenvalue weighted by molar-refractivity contribution is 0.296. The molecule has 0 atom stereocenters. The molecule has 0 amide bonds. The molecule has 1 saturated heterocycles. The lowest BCUT2D eigenvalue weighted by Gasteiger charge is -2.32. The predicted molar refractivity (Wildman–Crippen MR) is 95.3 cm³/mol. The van der Waals surface area contributed by atoms with E-state index in [0.29, 0.717) is 5.13 Å². The van der Waals surface area contributed by atoms with Crippen LogP contribution in [0, 0.1) is 0 Å². The van der Waals surface area contributed by atoms with Crippen molar-refractivity contribution in [3.05, 3.63) is 23.6 Å². The molecule has 3 heterocycles. The van der Waals surface area contributed by atoms with Gasteiger partial charge in [-0.05, 0) is 44.1 Å². The van der Waals surface area contributed by atoms with E-state index in [1.165, 1.54) is 43.0 Å². The highest BCUT2D eigenvalue weighted by atomic mass is 32.1. The Labute approximate surface area is 140 Å². The number of rotatable bonds is 4. The van der Waals surface area contributed by atoms with E-state index in [4.69, 9.17) is 10.5 Å². The molecule has 4 rings (SSSR count). The number of nitrogens with two attached hydrogens (primary N) is 1. The summed E-state index contributed by atoms with van der Waals surface area (Å²) in [5.41, 5.74) is 9.00. The number of aromatic nitrogens is 1. The highest BCUT2D eigenvalue weighted by Crippen LogP contribution is 2.36. The number of likely N-dealkylation sites (tertiary alicyclic amines) is 1. The number of nitrogens with zero attached hydrogens (tertiary/aromatic N) is 3. The van der Waals surface area contributed by atoms with Gasteiger partial charge in [0, 0.05) is 24.0 Å². The molecule has 2 N–H and O–H groups in total. The van der Waals surface area contributed by atoms with Gasteiger partial charge in [-0.15, -0.1) is 11.3 Å². The maximum Gasteiger partial charge on any atom is 0.180 e. The predicted octanol–water partition coefficient (Wildman–Crippen LogP) is 2.69. The third-order valence-electron chi connectivity index (χ3n) is 4.62. The van der Waals surface area contributed by atoms with E-state index in [0.717, 1.165) is 43.2 Å². The number of fused-ring (bicyclic) bond motifs is 1. The zero-order chi connectivity index (χ0) is 15.6. The number of hydrogen-bond donors (Lipinski definition) is 1. The van der Waals surface area contributed by atoms with Crippen molar-refractivity contribution >= 4 is 22.2 Å². The van der Waals surface area contributed by atoms with Gasteiger partial charge >= 0.3 is 0 Å². The van der Waals surface area contributed by atoms with Crippen molar-refractivity contribution in [3.8, 4) is 17.0 Å². The number of thiazole rings is 1. The Morgan fingerprint density at radius 1 is 1.17 bits per heavy atom. The minimum Gasteiger partial charge on any atom is -0.490 e. The lowest BCUT2D eigenvalue weighted by Crippen LogP contribution is -2.38. The molecule has 1 aromatic carbocycles. The Balaban J connectivity index is 1.55. The van der Waals surface area contributed by atoms with Crippen LogP contribution in [0.1, 0.15) is 12.8 Å². The Kier molecular flexibility index (Phi) is 4.10. The van der Waals surface area contributed by atoms with Crippen LogP contribution in [-0.2, 0) is 0 Å². The van der Waals surface area contributed by atoms with Crippen LogP contribution >= 0.6 is 11.3 Å². The van der Waals surface area contributed by atoms with Gasteiger partial charge in [-0.2, -0.15) is 0 Å². The molecule has 1 aromatic heterocycles. The number of benzene rings is 1. The first kappa shape index (κ1) is 14.8. The van der Waals surface area contributed by atoms with E-state index < -0.39 is 0 Å². The molecular formula is C17H22N4OS. The maximum absolute atomic E-state index is 5.82. The Morgan fingerprint density at radius 3 is 2.83 bits per heavy atom. The quantitative estimate of drug-likeness (QED) is 0.934. The molecule has 2 aliphatic rings. The van der Waals surface area contributed by atoms with E-state index in [2.05, 4.69) is 33.0 Å². The van der Waals surface area contributed by atoms with E-state index in [-0.39, 0.29) is 0 Å². The Bertz CT molecular complexity index is 681. The molecule has 0 aliphatic carbocycles. The molecule has 0 radical (unpaired) electrons. The average Bonchev–Trinajstić information content (AvgIpc) is 3.24. The fourth-order valence-corrected chi connectivity index (χ4v) is 3.93. The molecule has 5 nitrogen and oxygen atoms in total. The van der Waals surface area contributed by atoms with Crippen LogP contribution in [0.15, 0.2) is 23.6 Å². The molecule has 2 aromatic rings. The molecule has 2 aliphatic heterocycles. The lowest BCUT2D eigenvalue weighted by atomic mass is 10.1.